The smallest absolute Gasteiger partial charge is 0.327 e. The number of ether oxygens (including phenoxy) is 2. The van der Waals surface area contributed by atoms with Crippen LogP contribution in [0.15, 0.2) is 46.0 Å². The number of nitrogens with zero attached hydrogens (tertiary/aromatic N) is 3. The average molecular weight is 540 g/mol. The highest BCUT2D eigenvalue weighted by molar-refractivity contribution is 9.10. The SMILES string of the molecule is CCOC(=O)Cn1ncc2c1CCCC2[NH2+]Sc1cnc(Oc2ccc(F)c(F)c2)c(Br)c1. The van der Waals surface area contributed by atoms with Crippen LogP contribution in [0.3, 0.4) is 0 Å². The van der Waals surface area contributed by atoms with Crippen molar-refractivity contribution >= 4 is 33.8 Å². The second kappa shape index (κ2) is 10.6. The third-order valence-corrected chi connectivity index (χ3v) is 6.68. The summed E-state index contributed by atoms with van der Waals surface area (Å²) in [6.07, 6.45) is 6.38. The molecule has 0 bridgehead atoms. The number of hydrogen-bond donors (Lipinski definition) is 1. The minimum Gasteiger partial charge on any atom is -0.465 e. The molecule has 1 aromatic carbocycles. The van der Waals surface area contributed by atoms with Crippen molar-refractivity contribution in [3.63, 3.8) is 0 Å². The Balaban J connectivity index is 1.40. The van der Waals surface area contributed by atoms with Crippen molar-refractivity contribution < 1.29 is 27.8 Å². The summed E-state index contributed by atoms with van der Waals surface area (Å²) in [5.41, 5.74) is 2.20. The number of fused-ring (bicyclic) bond motifs is 1. The number of carbonyl (C=O) groups is 1. The van der Waals surface area contributed by atoms with Crippen molar-refractivity contribution in [1.29, 1.82) is 0 Å². The van der Waals surface area contributed by atoms with Gasteiger partial charge in [0.25, 0.3) is 0 Å². The summed E-state index contributed by atoms with van der Waals surface area (Å²) in [6.45, 7) is 2.26. The lowest BCUT2D eigenvalue weighted by molar-refractivity contribution is -0.534. The molecular formula is C22H22BrF2N4O3S+. The molecule has 174 valence electrons. The van der Waals surface area contributed by atoms with E-state index in [4.69, 9.17) is 9.47 Å². The number of esters is 1. The minimum atomic E-state index is -0.983. The number of quaternary nitrogens is 1. The zero-order chi connectivity index (χ0) is 23.4. The molecule has 1 atom stereocenters. The first-order valence-corrected chi connectivity index (χ1v) is 12.1. The zero-order valence-electron chi connectivity index (χ0n) is 17.8. The monoisotopic (exact) mass is 539 g/mol. The topological polar surface area (TPSA) is 82.9 Å². The largest absolute Gasteiger partial charge is 0.465 e. The summed E-state index contributed by atoms with van der Waals surface area (Å²) >= 11 is 4.97. The van der Waals surface area contributed by atoms with Crippen LogP contribution in [0.5, 0.6) is 11.6 Å². The van der Waals surface area contributed by atoms with Crippen molar-refractivity contribution in [2.75, 3.05) is 6.61 Å². The van der Waals surface area contributed by atoms with Gasteiger partial charge in [-0.15, -0.1) is 0 Å². The van der Waals surface area contributed by atoms with Crippen molar-refractivity contribution in [1.82, 2.24) is 14.8 Å². The summed E-state index contributed by atoms with van der Waals surface area (Å²) in [5, 5.41) is 4.40. The maximum Gasteiger partial charge on any atom is 0.327 e. The number of pyridine rings is 1. The number of benzene rings is 1. The Kier molecular flexibility index (Phi) is 7.61. The predicted octanol–water partition coefficient (Wildman–Crippen LogP) is 4.32. The first-order chi connectivity index (χ1) is 15.9. The molecule has 1 aliphatic rings. The van der Waals surface area contributed by atoms with E-state index in [0.717, 1.165) is 47.5 Å². The Bertz CT molecular complexity index is 1160. The molecule has 0 fully saturated rings. The van der Waals surface area contributed by atoms with Crippen LogP contribution in [-0.2, 0) is 22.5 Å². The fourth-order valence-electron chi connectivity index (χ4n) is 3.62. The molecule has 0 aliphatic heterocycles. The summed E-state index contributed by atoms with van der Waals surface area (Å²) in [5.74, 6) is -1.79. The number of nitrogens with two attached hydrogens (primary N) is 1. The van der Waals surface area contributed by atoms with Gasteiger partial charge >= 0.3 is 5.97 Å². The molecular weight excluding hydrogens is 518 g/mol. The highest BCUT2D eigenvalue weighted by Gasteiger charge is 2.28. The molecule has 1 unspecified atom stereocenters. The molecule has 11 heteroatoms. The highest BCUT2D eigenvalue weighted by atomic mass is 79.9. The van der Waals surface area contributed by atoms with Crippen molar-refractivity contribution in [3.05, 3.63) is 64.0 Å². The van der Waals surface area contributed by atoms with E-state index in [1.807, 2.05) is 12.3 Å². The molecule has 0 saturated heterocycles. The van der Waals surface area contributed by atoms with Gasteiger partial charge in [-0.25, -0.2) is 13.8 Å². The molecule has 0 spiro atoms. The van der Waals surface area contributed by atoms with Crippen molar-refractivity contribution in [2.45, 2.75) is 43.7 Å². The molecule has 33 heavy (non-hydrogen) atoms. The van der Waals surface area contributed by atoms with Crippen LogP contribution >= 0.6 is 27.9 Å². The average Bonchev–Trinajstić information content (AvgIpc) is 3.20. The molecule has 0 amide bonds. The molecule has 0 radical (unpaired) electrons. The molecule has 7 nitrogen and oxygen atoms in total. The van der Waals surface area contributed by atoms with E-state index in [0.29, 0.717) is 11.1 Å². The van der Waals surface area contributed by atoms with Gasteiger partial charge in [0, 0.05) is 18.2 Å². The minimum absolute atomic E-state index is 0.124. The Labute approximate surface area is 202 Å². The Morgan fingerprint density at radius 2 is 2.15 bits per heavy atom. The molecule has 2 aromatic heterocycles. The van der Waals surface area contributed by atoms with E-state index in [9.17, 15) is 13.6 Å². The predicted molar refractivity (Wildman–Crippen MR) is 121 cm³/mol. The zero-order valence-corrected chi connectivity index (χ0v) is 20.2. The second-order valence-electron chi connectivity index (χ2n) is 7.40. The normalized spacial score (nSPS) is 15.2. The van der Waals surface area contributed by atoms with E-state index in [1.165, 1.54) is 6.07 Å². The van der Waals surface area contributed by atoms with Gasteiger partial charge in [-0.05, 0) is 53.9 Å². The van der Waals surface area contributed by atoms with Gasteiger partial charge < -0.3 is 9.47 Å². The standard InChI is InChI=1S/C22H21BrF2N4O3S/c1-2-31-21(30)12-29-20-5-3-4-19(15(20)11-27-29)28-33-14-9-16(23)22(26-10-14)32-13-6-7-17(24)18(25)8-13/h6-11,19,28H,2-5,12H2,1H3/p+1. The van der Waals surface area contributed by atoms with Gasteiger partial charge in [-0.1, -0.05) is 0 Å². The number of carbonyl (C=O) groups excluding carboxylic acids is 1. The molecule has 2 N–H and O–H groups in total. The van der Waals surface area contributed by atoms with E-state index >= 15 is 0 Å². The van der Waals surface area contributed by atoms with Crippen LogP contribution in [0, 0.1) is 11.6 Å². The van der Waals surface area contributed by atoms with Gasteiger partial charge in [0.2, 0.25) is 5.88 Å². The van der Waals surface area contributed by atoms with Gasteiger partial charge in [0.15, 0.2) is 11.6 Å². The second-order valence-corrected chi connectivity index (χ2v) is 9.23. The summed E-state index contributed by atoms with van der Waals surface area (Å²) in [4.78, 5) is 17.0. The lowest BCUT2D eigenvalue weighted by Gasteiger charge is -2.20. The summed E-state index contributed by atoms with van der Waals surface area (Å²) in [7, 11) is 0. The fourth-order valence-corrected chi connectivity index (χ4v) is 5.10. The van der Waals surface area contributed by atoms with Gasteiger partial charge in [0.05, 0.1) is 33.9 Å². The first kappa shape index (κ1) is 23.7. The molecule has 2 heterocycles. The van der Waals surface area contributed by atoms with Crippen LogP contribution in [0.2, 0.25) is 0 Å². The number of halogens is 3. The van der Waals surface area contributed by atoms with E-state index in [2.05, 4.69) is 30.7 Å². The molecule has 1 aliphatic carbocycles. The Morgan fingerprint density at radius 1 is 1.30 bits per heavy atom. The third kappa shape index (κ3) is 5.71. The van der Waals surface area contributed by atoms with Crippen molar-refractivity contribution in [2.24, 2.45) is 0 Å². The number of hydrogen-bond acceptors (Lipinski definition) is 6. The van der Waals surface area contributed by atoms with Crippen LogP contribution in [0.1, 0.15) is 37.1 Å². The van der Waals surface area contributed by atoms with Crippen LogP contribution in [0.4, 0.5) is 8.78 Å². The molecule has 3 aromatic rings. The van der Waals surface area contributed by atoms with Gasteiger partial charge in [-0.3, -0.25) is 14.2 Å². The number of rotatable bonds is 8. The van der Waals surface area contributed by atoms with Crippen LogP contribution in [-0.4, -0.2) is 27.3 Å². The lowest BCUT2D eigenvalue weighted by Crippen LogP contribution is -2.77. The first-order valence-electron chi connectivity index (χ1n) is 10.4. The van der Waals surface area contributed by atoms with Crippen LogP contribution < -0.4 is 9.46 Å². The molecule has 0 saturated carbocycles. The van der Waals surface area contributed by atoms with Gasteiger partial charge in [-0.2, -0.15) is 5.10 Å². The molecule has 4 rings (SSSR count). The van der Waals surface area contributed by atoms with E-state index in [-0.39, 0.29) is 30.2 Å². The Morgan fingerprint density at radius 3 is 2.91 bits per heavy atom. The quantitative estimate of drug-likeness (QED) is 0.339. The fraction of sp³-hybridized carbons (Fsp3) is 0.318. The third-order valence-electron chi connectivity index (χ3n) is 5.15. The maximum atomic E-state index is 13.4. The summed E-state index contributed by atoms with van der Waals surface area (Å²) < 4.78 is 41.6. The van der Waals surface area contributed by atoms with Crippen LogP contribution in [0.25, 0.3) is 0 Å². The van der Waals surface area contributed by atoms with E-state index < -0.39 is 11.6 Å². The van der Waals surface area contributed by atoms with Gasteiger partial charge in [0.1, 0.15) is 30.3 Å². The Hall–Kier alpha value is -2.50. The van der Waals surface area contributed by atoms with Crippen molar-refractivity contribution in [3.8, 4) is 11.6 Å². The highest BCUT2D eigenvalue weighted by Crippen LogP contribution is 2.32. The maximum absolute atomic E-state index is 13.4. The van der Waals surface area contributed by atoms with E-state index in [1.54, 1.807) is 29.8 Å². The number of aromatic nitrogens is 3. The lowest BCUT2D eigenvalue weighted by atomic mass is 9.94. The summed E-state index contributed by atoms with van der Waals surface area (Å²) in [6, 6.07) is 5.38.